The van der Waals surface area contributed by atoms with Gasteiger partial charge in [-0.1, -0.05) is 0 Å². The molecule has 100 valence electrons. The van der Waals surface area contributed by atoms with E-state index in [0.717, 1.165) is 12.1 Å². The Labute approximate surface area is 101 Å². The standard InChI is InChI=1S/C11H12F3NO3/c1-18-6-9(10(16)17)15-8-4-2-7(3-5-8)11(12,13)14/h2-5,9,15H,6H2,1H3,(H,16,17). The van der Waals surface area contributed by atoms with Crippen LogP contribution >= 0.6 is 0 Å². The van der Waals surface area contributed by atoms with E-state index in [0.29, 0.717) is 0 Å². The lowest BCUT2D eigenvalue weighted by Gasteiger charge is -2.15. The molecule has 2 N–H and O–H groups in total. The minimum absolute atomic E-state index is 0.0869. The molecule has 0 aliphatic carbocycles. The van der Waals surface area contributed by atoms with E-state index in [1.54, 1.807) is 0 Å². The summed E-state index contributed by atoms with van der Waals surface area (Å²) in [6, 6.07) is 3.11. The monoisotopic (exact) mass is 263 g/mol. The van der Waals surface area contributed by atoms with Crippen molar-refractivity contribution in [3.05, 3.63) is 29.8 Å². The van der Waals surface area contributed by atoms with E-state index >= 15 is 0 Å². The highest BCUT2D eigenvalue weighted by Gasteiger charge is 2.30. The van der Waals surface area contributed by atoms with Gasteiger partial charge in [0.25, 0.3) is 0 Å². The van der Waals surface area contributed by atoms with Gasteiger partial charge in [0.1, 0.15) is 6.04 Å². The molecule has 0 aliphatic heterocycles. The van der Waals surface area contributed by atoms with Crippen molar-refractivity contribution >= 4 is 11.7 Å². The highest BCUT2D eigenvalue weighted by molar-refractivity contribution is 5.77. The second-order valence-corrected chi connectivity index (χ2v) is 3.57. The van der Waals surface area contributed by atoms with Gasteiger partial charge in [-0.2, -0.15) is 13.2 Å². The van der Waals surface area contributed by atoms with Gasteiger partial charge in [-0.3, -0.25) is 0 Å². The molecule has 1 aromatic carbocycles. The highest BCUT2D eigenvalue weighted by Crippen LogP contribution is 2.29. The minimum Gasteiger partial charge on any atom is -0.480 e. The van der Waals surface area contributed by atoms with E-state index in [4.69, 9.17) is 9.84 Å². The fourth-order valence-electron chi connectivity index (χ4n) is 1.30. The van der Waals surface area contributed by atoms with Gasteiger partial charge in [-0.15, -0.1) is 0 Å². The summed E-state index contributed by atoms with van der Waals surface area (Å²) in [6.45, 7) is -0.0869. The van der Waals surface area contributed by atoms with Crippen LogP contribution in [0.3, 0.4) is 0 Å². The number of alkyl halides is 3. The first-order valence-corrected chi connectivity index (χ1v) is 5.00. The van der Waals surface area contributed by atoms with Crippen LogP contribution in [-0.2, 0) is 15.7 Å². The number of halogens is 3. The van der Waals surface area contributed by atoms with E-state index < -0.39 is 23.8 Å². The third kappa shape index (κ3) is 3.92. The molecule has 0 fully saturated rings. The number of ether oxygens (including phenoxy) is 1. The predicted octanol–water partition coefficient (Wildman–Crippen LogP) is 2.22. The van der Waals surface area contributed by atoms with E-state index in [1.165, 1.54) is 19.2 Å². The summed E-state index contributed by atoms with van der Waals surface area (Å²) in [5.41, 5.74) is -0.501. The first-order valence-electron chi connectivity index (χ1n) is 5.00. The normalized spacial score (nSPS) is 13.1. The Hall–Kier alpha value is -1.76. The molecule has 0 saturated heterocycles. The summed E-state index contributed by atoms with van der Waals surface area (Å²) in [6.07, 6.45) is -4.41. The molecule has 0 bridgehead atoms. The third-order valence-electron chi connectivity index (χ3n) is 2.18. The second kappa shape index (κ2) is 5.72. The van der Waals surface area contributed by atoms with Gasteiger partial charge in [0.05, 0.1) is 12.2 Å². The van der Waals surface area contributed by atoms with Crippen molar-refractivity contribution in [2.45, 2.75) is 12.2 Å². The van der Waals surface area contributed by atoms with Crippen molar-refractivity contribution in [1.82, 2.24) is 0 Å². The summed E-state index contributed by atoms with van der Waals surface area (Å²) in [7, 11) is 1.34. The largest absolute Gasteiger partial charge is 0.480 e. The van der Waals surface area contributed by atoms with Gasteiger partial charge < -0.3 is 15.2 Å². The van der Waals surface area contributed by atoms with Crippen molar-refractivity contribution in [2.75, 3.05) is 19.0 Å². The van der Waals surface area contributed by atoms with E-state index in [-0.39, 0.29) is 12.3 Å². The zero-order valence-corrected chi connectivity index (χ0v) is 9.49. The van der Waals surface area contributed by atoms with Crippen LogP contribution in [-0.4, -0.2) is 30.8 Å². The zero-order chi connectivity index (χ0) is 13.8. The van der Waals surface area contributed by atoms with Gasteiger partial charge >= 0.3 is 12.1 Å². The molecule has 1 aromatic rings. The minimum atomic E-state index is -4.41. The predicted molar refractivity (Wildman–Crippen MR) is 58.4 cm³/mol. The Morgan fingerprint density at radius 2 is 1.94 bits per heavy atom. The van der Waals surface area contributed by atoms with E-state index in [1.807, 2.05) is 0 Å². The summed E-state index contributed by atoms with van der Waals surface area (Å²) in [5.74, 6) is -1.14. The lowest BCUT2D eigenvalue weighted by atomic mass is 10.2. The smallest absolute Gasteiger partial charge is 0.416 e. The maximum absolute atomic E-state index is 12.3. The summed E-state index contributed by atoms with van der Waals surface area (Å²) in [4.78, 5) is 10.8. The maximum Gasteiger partial charge on any atom is 0.416 e. The number of carboxylic acids is 1. The van der Waals surface area contributed by atoms with Crippen molar-refractivity contribution in [3.8, 4) is 0 Å². The Kier molecular flexibility index (Phi) is 4.55. The lowest BCUT2D eigenvalue weighted by Crippen LogP contribution is -2.33. The first-order chi connectivity index (χ1) is 8.34. The Morgan fingerprint density at radius 1 is 1.39 bits per heavy atom. The SMILES string of the molecule is COCC(Nc1ccc(C(F)(F)F)cc1)C(=O)O. The van der Waals surface area contributed by atoms with Gasteiger partial charge in [0.2, 0.25) is 0 Å². The molecule has 0 saturated carbocycles. The number of benzene rings is 1. The average Bonchev–Trinajstić information content (AvgIpc) is 2.28. The van der Waals surface area contributed by atoms with E-state index in [9.17, 15) is 18.0 Å². The number of nitrogens with one attached hydrogen (secondary N) is 1. The average molecular weight is 263 g/mol. The summed E-state index contributed by atoms with van der Waals surface area (Å²) < 4.78 is 41.6. The van der Waals surface area contributed by atoms with Crippen LogP contribution in [0.25, 0.3) is 0 Å². The number of aliphatic carboxylic acids is 1. The molecule has 7 heteroatoms. The van der Waals surface area contributed by atoms with Gasteiger partial charge in [0.15, 0.2) is 0 Å². The third-order valence-corrected chi connectivity index (χ3v) is 2.18. The van der Waals surface area contributed by atoms with Crippen molar-refractivity contribution in [1.29, 1.82) is 0 Å². The number of hydrogen-bond donors (Lipinski definition) is 2. The van der Waals surface area contributed by atoms with Gasteiger partial charge in [-0.25, -0.2) is 4.79 Å². The fourth-order valence-corrected chi connectivity index (χ4v) is 1.30. The molecule has 1 atom stereocenters. The summed E-state index contributed by atoms with van der Waals surface area (Å²) in [5, 5.41) is 11.4. The molecule has 0 spiro atoms. The molecule has 4 nitrogen and oxygen atoms in total. The Bertz CT molecular complexity index is 403. The number of hydrogen-bond acceptors (Lipinski definition) is 3. The topological polar surface area (TPSA) is 58.6 Å². The quantitative estimate of drug-likeness (QED) is 0.855. The van der Waals surface area contributed by atoms with E-state index in [2.05, 4.69) is 5.32 Å². The summed E-state index contributed by atoms with van der Waals surface area (Å²) >= 11 is 0. The number of carbonyl (C=O) groups is 1. The molecular formula is C11H12F3NO3. The molecule has 0 radical (unpaired) electrons. The molecular weight excluding hydrogens is 251 g/mol. The van der Waals surface area contributed by atoms with Crippen LogP contribution in [0.15, 0.2) is 24.3 Å². The number of rotatable bonds is 5. The lowest BCUT2D eigenvalue weighted by molar-refractivity contribution is -0.139. The van der Waals surface area contributed by atoms with Crippen LogP contribution in [0, 0.1) is 0 Å². The van der Waals surface area contributed by atoms with Gasteiger partial charge in [0, 0.05) is 12.8 Å². The molecule has 0 heterocycles. The number of anilines is 1. The number of methoxy groups -OCH3 is 1. The Morgan fingerprint density at radius 3 is 2.33 bits per heavy atom. The van der Waals surface area contributed by atoms with Gasteiger partial charge in [-0.05, 0) is 24.3 Å². The molecule has 1 unspecified atom stereocenters. The maximum atomic E-state index is 12.3. The number of carboxylic acid groups (broad SMARTS) is 1. The van der Waals surface area contributed by atoms with Crippen LogP contribution in [0.5, 0.6) is 0 Å². The molecule has 18 heavy (non-hydrogen) atoms. The van der Waals surface area contributed by atoms with Crippen LogP contribution in [0.1, 0.15) is 5.56 Å². The first kappa shape index (κ1) is 14.3. The van der Waals surface area contributed by atoms with Crippen LogP contribution in [0.2, 0.25) is 0 Å². The molecule has 0 aliphatic rings. The second-order valence-electron chi connectivity index (χ2n) is 3.57. The van der Waals surface area contributed by atoms with Crippen LogP contribution in [0.4, 0.5) is 18.9 Å². The fraction of sp³-hybridized carbons (Fsp3) is 0.364. The van der Waals surface area contributed by atoms with Crippen molar-refractivity contribution < 1.29 is 27.8 Å². The zero-order valence-electron chi connectivity index (χ0n) is 9.49. The molecule has 1 rings (SSSR count). The molecule has 0 amide bonds. The van der Waals surface area contributed by atoms with Crippen molar-refractivity contribution in [3.63, 3.8) is 0 Å². The van der Waals surface area contributed by atoms with Crippen molar-refractivity contribution in [2.24, 2.45) is 0 Å². The highest BCUT2D eigenvalue weighted by atomic mass is 19.4. The van der Waals surface area contributed by atoms with Crippen LogP contribution < -0.4 is 5.32 Å². The molecule has 0 aromatic heterocycles. The Balaban J connectivity index is 2.76.